The van der Waals surface area contributed by atoms with E-state index in [2.05, 4.69) is 20.6 Å². The summed E-state index contributed by atoms with van der Waals surface area (Å²) in [7, 11) is 0. The summed E-state index contributed by atoms with van der Waals surface area (Å²) in [6.45, 7) is 0.165. The molecular weight excluding hydrogens is 371 g/mol. The molecule has 2 N–H and O–H groups in total. The number of carbonyl (C=O) groups is 1. The van der Waals surface area contributed by atoms with Gasteiger partial charge in [-0.1, -0.05) is 48.5 Å². The number of anilines is 2. The molecule has 0 radical (unpaired) electrons. The van der Waals surface area contributed by atoms with E-state index in [0.29, 0.717) is 5.69 Å². The van der Waals surface area contributed by atoms with E-state index in [9.17, 15) is 9.18 Å². The monoisotopic (exact) mass is 388 g/mol. The Morgan fingerprint density at radius 1 is 0.897 bits per heavy atom. The number of amides is 2. The number of hydrogen-bond acceptors (Lipinski definition) is 4. The Kier molecular flexibility index (Phi) is 5.29. The van der Waals surface area contributed by atoms with Crippen LogP contribution in [0.4, 0.5) is 20.7 Å². The van der Waals surface area contributed by atoms with Crippen LogP contribution in [0.2, 0.25) is 0 Å². The van der Waals surface area contributed by atoms with Gasteiger partial charge >= 0.3 is 6.03 Å². The topological polar surface area (TPSA) is 76.1 Å². The molecule has 0 bridgehead atoms. The van der Waals surface area contributed by atoms with E-state index in [1.165, 1.54) is 24.5 Å². The lowest BCUT2D eigenvalue weighted by Gasteiger charge is -2.12. The molecule has 0 fully saturated rings. The van der Waals surface area contributed by atoms with E-state index in [4.69, 9.17) is 4.74 Å². The summed E-state index contributed by atoms with van der Waals surface area (Å²) < 4.78 is 18.7. The third-order valence-electron chi connectivity index (χ3n) is 4.22. The van der Waals surface area contributed by atoms with Gasteiger partial charge in [0.25, 0.3) is 5.88 Å². The van der Waals surface area contributed by atoms with Crippen molar-refractivity contribution in [1.29, 1.82) is 0 Å². The van der Waals surface area contributed by atoms with Crippen molar-refractivity contribution in [2.24, 2.45) is 0 Å². The van der Waals surface area contributed by atoms with Crippen molar-refractivity contribution >= 4 is 28.3 Å². The van der Waals surface area contributed by atoms with Crippen LogP contribution >= 0.6 is 0 Å². The second-order valence-electron chi connectivity index (χ2n) is 6.23. The average molecular weight is 388 g/mol. The first-order valence-corrected chi connectivity index (χ1v) is 8.93. The second-order valence-corrected chi connectivity index (χ2v) is 6.23. The molecule has 0 saturated heterocycles. The molecule has 7 heteroatoms. The van der Waals surface area contributed by atoms with Gasteiger partial charge in [0.15, 0.2) is 5.82 Å². The Morgan fingerprint density at radius 3 is 2.52 bits per heavy atom. The van der Waals surface area contributed by atoms with Crippen LogP contribution < -0.4 is 15.4 Å². The molecule has 4 rings (SSSR count). The van der Waals surface area contributed by atoms with Gasteiger partial charge in [0.1, 0.15) is 12.4 Å². The zero-order chi connectivity index (χ0) is 20.1. The first-order chi connectivity index (χ1) is 14.2. The average Bonchev–Trinajstić information content (AvgIpc) is 2.74. The van der Waals surface area contributed by atoms with Crippen molar-refractivity contribution < 1.29 is 13.9 Å². The van der Waals surface area contributed by atoms with E-state index >= 15 is 0 Å². The third kappa shape index (κ3) is 4.47. The first-order valence-electron chi connectivity index (χ1n) is 8.93. The Bertz CT molecular complexity index is 1140. The number of rotatable bonds is 5. The highest BCUT2D eigenvalue weighted by Gasteiger charge is 2.12. The summed E-state index contributed by atoms with van der Waals surface area (Å²) in [6.07, 6.45) is 2.92. The number of ether oxygens (including phenoxy) is 1. The molecule has 0 unspecified atom stereocenters. The zero-order valence-corrected chi connectivity index (χ0v) is 15.3. The number of fused-ring (bicyclic) bond motifs is 1. The van der Waals surface area contributed by atoms with Gasteiger partial charge in [-0.2, -0.15) is 0 Å². The maximum Gasteiger partial charge on any atom is 0.325 e. The van der Waals surface area contributed by atoms with Crippen LogP contribution in [-0.2, 0) is 6.61 Å². The van der Waals surface area contributed by atoms with Crippen LogP contribution in [-0.4, -0.2) is 16.0 Å². The fourth-order valence-electron chi connectivity index (χ4n) is 2.84. The minimum Gasteiger partial charge on any atom is -0.470 e. The van der Waals surface area contributed by atoms with Gasteiger partial charge in [0.2, 0.25) is 0 Å². The van der Waals surface area contributed by atoms with Gasteiger partial charge in [-0.3, -0.25) is 5.32 Å². The molecule has 144 valence electrons. The maximum absolute atomic E-state index is 13.0. The largest absolute Gasteiger partial charge is 0.470 e. The van der Waals surface area contributed by atoms with E-state index in [1.807, 2.05) is 42.5 Å². The molecule has 4 aromatic rings. The first kappa shape index (κ1) is 18.4. The van der Waals surface area contributed by atoms with Crippen molar-refractivity contribution in [1.82, 2.24) is 9.97 Å². The van der Waals surface area contributed by atoms with Crippen molar-refractivity contribution in [2.75, 3.05) is 10.6 Å². The lowest BCUT2D eigenvalue weighted by molar-refractivity contribution is 0.261. The third-order valence-corrected chi connectivity index (χ3v) is 4.22. The Balaban J connectivity index is 1.46. The normalized spacial score (nSPS) is 10.5. The lowest BCUT2D eigenvalue weighted by atomic mass is 10.1. The smallest absolute Gasteiger partial charge is 0.325 e. The number of urea groups is 1. The predicted octanol–water partition coefficient (Wildman–Crippen LogP) is 4.99. The lowest BCUT2D eigenvalue weighted by Crippen LogP contribution is -2.21. The van der Waals surface area contributed by atoms with Gasteiger partial charge in [-0.25, -0.2) is 19.2 Å². The summed E-state index contributed by atoms with van der Waals surface area (Å²) >= 11 is 0. The number of halogens is 1. The van der Waals surface area contributed by atoms with Gasteiger partial charge in [-0.05, 0) is 29.1 Å². The van der Waals surface area contributed by atoms with Crippen molar-refractivity contribution in [2.45, 2.75) is 6.61 Å². The van der Waals surface area contributed by atoms with Crippen molar-refractivity contribution in [3.63, 3.8) is 0 Å². The molecule has 3 aromatic carbocycles. The Labute approximate surface area is 166 Å². The van der Waals surface area contributed by atoms with E-state index in [-0.39, 0.29) is 24.1 Å². The fourth-order valence-corrected chi connectivity index (χ4v) is 2.84. The molecule has 29 heavy (non-hydrogen) atoms. The molecular formula is C22H17FN4O2. The molecule has 2 amide bonds. The SMILES string of the molecule is O=C(Nc1nccnc1OCc1ccc(F)cc1)Nc1cccc2ccccc12. The molecule has 0 spiro atoms. The summed E-state index contributed by atoms with van der Waals surface area (Å²) in [5.74, 6) is 0.0398. The van der Waals surface area contributed by atoms with Gasteiger partial charge < -0.3 is 10.1 Å². The standard InChI is InChI=1S/C22H17FN4O2/c23-17-10-8-15(9-11-17)14-29-21-20(24-12-13-25-21)27-22(28)26-19-7-3-5-16-4-1-2-6-18(16)19/h1-13H,14H2,(H2,24,26,27,28). The Hall–Kier alpha value is -4.00. The number of nitrogens with zero attached hydrogens (tertiary/aromatic N) is 2. The summed E-state index contributed by atoms with van der Waals surface area (Å²) in [4.78, 5) is 20.8. The molecule has 0 saturated carbocycles. The highest BCUT2D eigenvalue weighted by Crippen LogP contribution is 2.24. The maximum atomic E-state index is 13.0. The summed E-state index contributed by atoms with van der Waals surface area (Å²) in [5.41, 5.74) is 1.45. The number of hydrogen-bond donors (Lipinski definition) is 2. The molecule has 0 atom stereocenters. The van der Waals surface area contributed by atoms with Crippen LogP contribution in [0.15, 0.2) is 79.1 Å². The van der Waals surface area contributed by atoms with E-state index < -0.39 is 6.03 Å². The van der Waals surface area contributed by atoms with Gasteiger partial charge in [0, 0.05) is 17.8 Å². The van der Waals surface area contributed by atoms with Gasteiger partial charge in [0.05, 0.1) is 5.69 Å². The van der Waals surface area contributed by atoms with Crippen LogP contribution in [0.3, 0.4) is 0 Å². The molecule has 6 nitrogen and oxygen atoms in total. The van der Waals surface area contributed by atoms with Crippen molar-refractivity contribution in [3.8, 4) is 5.88 Å². The van der Waals surface area contributed by atoms with Gasteiger partial charge in [-0.15, -0.1) is 0 Å². The second kappa shape index (κ2) is 8.35. The minimum atomic E-state index is -0.464. The van der Waals surface area contributed by atoms with E-state index in [1.54, 1.807) is 12.1 Å². The molecule has 0 aliphatic rings. The van der Waals surface area contributed by atoms with Crippen LogP contribution in [0.25, 0.3) is 10.8 Å². The van der Waals surface area contributed by atoms with E-state index in [0.717, 1.165) is 16.3 Å². The Morgan fingerprint density at radius 2 is 1.66 bits per heavy atom. The van der Waals surface area contributed by atoms with Crippen LogP contribution in [0.5, 0.6) is 5.88 Å². The summed E-state index contributed by atoms with van der Waals surface area (Å²) in [6, 6.07) is 18.9. The fraction of sp³-hybridized carbons (Fsp3) is 0.0455. The van der Waals surface area contributed by atoms with Crippen molar-refractivity contribution in [3.05, 3.63) is 90.5 Å². The highest BCUT2D eigenvalue weighted by atomic mass is 19.1. The number of nitrogens with one attached hydrogen (secondary N) is 2. The number of benzene rings is 3. The van der Waals surface area contributed by atoms with Crippen LogP contribution in [0.1, 0.15) is 5.56 Å². The highest BCUT2D eigenvalue weighted by molar-refractivity contribution is 6.06. The van der Waals surface area contributed by atoms with Crippen LogP contribution in [0, 0.1) is 5.82 Å². The molecule has 1 heterocycles. The minimum absolute atomic E-state index is 0.165. The number of carbonyl (C=O) groups excluding carboxylic acids is 1. The molecule has 1 aromatic heterocycles. The number of aromatic nitrogens is 2. The quantitative estimate of drug-likeness (QED) is 0.505. The zero-order valence-electron chi connectivity index (χ0n) is 15.3. The summed E-state index contributed by atoms with van der Waals surface area (Å²) in [5, 5.41) is 7.44. The molecule has 0 aliphatic carbocycles. The molecule has 0 aliphatic heterocycles. The predicted molar refractivity (Wildman–Crippen MR) is 109 cm³/mol.